The molecule has 0 unspecified atom stereocenters. The van der Waals surface area contributed by atoms with Crippen molar-refractivity contribution in [1.29, 1.82) is 0 Å². The number of nitrogens with zero attached hydrogens (tertiary/aromatic N) is 3. The van der Waals surface area contributed by atoms with E-state index >= 15 is 0 Å². The molecule has 34 heavy (non-hydrogen) atoms. The van der Waals surface area contributed by atoms with Gasteiger partial charge in [-0.15, -0.1) is 0 Å². The Kier molecular flexibility index (Phi) is 6.26. The zero-order valence-corrected chi connectivity index (χ0v) is 22.6. The molecule has 5 nitrogen and oxygen atoms in total. The number of thioether (sulfide) groups is 1. The number of hydrogen-bond donors (Lipinski definition) is 0. The van der Waals surface area contributed by atoms with E-state index in [1.165, 1.54) is 40.1 Å². The predicted octanol–water partition coefficient (Wildman–Crippen LogP) is 6.03. The average Bonchev–Trinajstić information content (AvgIpc) is 3.08. The number of fused-ring (bicyclic) bond motifs is 1. The smallest absolute Gasteiger partial charge is 0.289 e. The number of carbonyl (C=O) groups excluding carboxylic acids is 2. The number of benzene rings is 2. The van der Waals surface area contributed by atoms with Crippen molar-refractivity contribution in [2.75, 3.05) is 43.7 Å². The van der Waals surface area contributed by atoms with Crippen LogP contribution in [0.25, 0.3) is 11.1 Å². The highest BCUT2D eigenvalue weighted by Crippen LogP contribution is 2.50. The molecular formula is C28H37N3O2S. The number of amides is 2. The van der Waals surface area contributed by atoms with E-state index in [-0.39, 0.29) is 27.7 Å². The van der Waals surface area contributed by atoms with E-state index < -0.39 is 0 Å². The zero-order chi connectivity index (χ0) is 25.0. The normalized spacial score (nSPS) is 18.8. The lowest BCUT2D eigenvalue weighted by Crippen LogP contribution is -2.34. The molecule has 1 aliphatic carbocycles. The third kappa shape index (κ3) is 4.33. The van der Waals surface area contributed by atoms with Crippen LogP contribution >= 0.6 is 11.8 Å². The van der Waals surface area contributed by atoms with E-state index in [0.29, 0.717) is 6.54 Å². The lowest BCUT2D eigenvalue weighted by molar-refractivity contribution is -0.125. The minimum atomic E-state index is -0.157. The molecule has 0 N–H and O–H groups in total. The Morgan fingerprint density at radius 2 is 1.38 bits per heavy atom. The highest BCUT2D eigenvalue weighted by molar-refractivity contribution is 8.14. The van der Waals surface area contributed by atoms with Gasteiger partial charge in [-0.25, -0.2) is 0 Å². The molecular weight excluding hydrogens is 442 g/mol. The first kappa shape index (κ1) is 24.6. The molecule has 6 heteroatoms. The molecule has 0 aromatic heterocycles. The van der Waals surface area contributed by atoms with E-state index in [0.717, 1.165) is 28.6 Å². The maximum absolute atomic E-state index is 12.1. The summed E-state index contributed by atoms with van der Waals surface area (Å²) < 4.78 is 0. The van der Waals surface area contributed by atoms with E-state index in [9.17, 15) is 9.59 Å². The first-order valence-electron chi connectivity index (χ1n) is 12.0. The van der Waals surface area contributed by atoms with Gasteiger partial charge in [0.2, 0.25) is 5.91 Å². The van der Waals surface area contributed by atoms with Gasteiger partial charge < -0.3 is 9.80 Å². The Balaban J connectivity index is 1.86. The minimum absolute atomic E-state index is 0.111. The minimum Gasteiger partial charge on any atom is -0.377 e. The molecule has 0 radical (unpaired) electrons. The van der Waals surface area contributed by atoms with Gasteiger partial charge in [0, 0.05) is 50.7 Å². The Hall–Kier alpha value is -2.47. The fraction of sp³-hybridized carbons (Fsp3) is 0.500. The van der Waals surface area contributed by atoms with Crippen LogP contribution in [0.2, 0.25) is 0 Å². The number of carbonyl (C=O) groups is 2. The van der Waals surface area contributed by atoms with Gasteiger partial charge in [-0.2, -0.15) is 0 Å². The fourth-order valence-corrected chi connectivity index (χ4v) is 5.90. The Morgan fingerprint density at radius 1 is 0.824 bits per heavy atom. The average molecular weight is 480 g/mol. The summed E-state index contributed by atoms with van der Waals surface area (Å²) in [6.07, 6.45) is 2.35. The lowest BCUT2D eigenvalue weighted by Gasteiger charge is -2.43. The summed E-state index contributed by atoms with van der Waals surface area (Å²) >= 11 is 1.08. The molecule has 4 rings (SSSR count). The predicted molar refractivity (Wildman–Crippen MR) is 144 cm³/mol. The molecule has 2 amide bonds. The molecule has 1 fully saturated rings. The molecule has 0 atom stereocenters. The number of hydrogen-bond acceptors (Lipinski definition) is 5. The molecule has 182 valence electrons. The first-order valence-corrected chi connectivity index (χ1v) is 12.9. The second-order valence-electron chi connectivity index (χ2n) is 11.4. The lowest BCUT2D eigenvalue weighted by atomic mass is 9.62. The quantitative estimate of drug-likeness (QED) is 0.524. The third-order valence-corrected chi connectivity index (χ3v) is 8.32. The van der Waals surface area contributed by atoms with Crippen molar-refractivity contribution in [3.05, 3.63) is 47.0 Å². The Labute approximate surface area is 208 Å². The van der Waals surface area contributed by atoms with Crippen molar-refractivity contribution in [1.82, 2.24) is 4.90 Å². The summed E-state index contributed by atoms with van der Waals surface area (Å²) in [6, 6.07) is 11.1. The molecule has 1 saturated heterocycles. The molecule has 2 aromatic carbocycles. The summed E-state index contributed by atoms with van der Waals surface area (Å²) in [5.41, 5.74) is 8.78. The van der Waals surface area contributed by atoms with Crippen LogP contribution in [0.15, 0.2) is 30.3 Å². The van der Waals surface area contributed by atoms with Crippen LogP contribution in [0.4, 0.5) is 16.2 Å². The summed E-state index contributed by atoms with van der Waals surface area (Å²) in [6.45, 7) is 9.76. The standard InChI is InChI=1S/C28H37N3O2S/c1-27(2)11-12-28(3,4)22-15-24(30(7)8)20(14-21(22)27)19-10-9-18(13-23(19)29(5)6)16-31-25(32)17-34-26(31)33/h9-10,13-15H,11-12,16-17H2,1-8H3. The monoisotopic (exact) mass is 479 g/mol. The third-order valence-electron chi connectivity index (χ3n) is 7.47. The second kappa shape index (κ2) is 8.63. The van der Waals surface area contributed by atoms with Gasteiger partial charge in [0.05, 0.1) is 12.3 Å². The number of anilines is 2. The summed E-state index contributed by atoms with van der Waals surface area (Å²) in [5, 5.41) is -0.157. The van der Waals surface area contributed by atoms with Gasteiger partial charge in [0.25, 0.3) is 5.24 Å². The summed E-state index contributed by atoms with van der Waals surface area (Å²) in [5.74, 6) is 0.130. The summed E-state index contributed by atoms with van der Waals surface area (Å²) in [4.78, 5) is 29.9. The van der Waals surface area contributed by atoms with E-state index in [2.05, 4.69) is 81.9 Å². The molecule has 0 spiro atoms. The zero-order valence-electron chi connectivity index (χ0n) is 21.8. The van der Waals surface area contributed by atoms with Crippen LogP contribution in [0, 0.1) is 0 Å². The molecule has 0 bridgehead atoms. The fourth-order valence-electron chi connectivity index (χ4n) is 5.18. The first-order chi connectivity index (χ1) is 15.8. The molecule has 2 aliphatic rings. The van der Waals surface area contributed by atoms with Crippen molar-refractivity contribution >= 4 is 34.3 Å². The van der Waals surface area contributed by atoms with Crippen LogP contribution in [-0.2, 0) is 22.2 Å². The Morgan fingerprint density at radius 3 is 1.91 bits per heavy atom. The molecule has 2 aromatic rings. The SMILES string of the molecule is CN(C)c1cc(CN2C(=O)CSC2=O)ccc1-c1cc2c(cc1N(C)C)C(C)(C)CCC2(C)C. The summed E-state index contributed by atoms with van der Waals surface area (Å²) in [7, 11) is 8.31. The van der Waals surface area contributed by atoms with Crippen LogP contribution in [0.1, 0.15) is 57.2 Å². The van der Waals surface area contributed by atoms with Gasteiger partial charge in [0.15, 0.2) is 0 Å². The van der Waals surface area contributed by atoms with Gasteiger partial charge in [-0.3, -0.25) is 14.5 Å². The molecule has 1 aliphatic heterocycles. The maximum atomic E-state index is 12.1. The molecule has 0 saturated carbocycles. The van der Waals surface area contributed by atoms with E-state index in [4.69, 9.17) is 0 Å². The van der Waals surface area contributed by atoms with Crippen LogP contribution < -0.4 is 9.80 Å². The van der Waals surface area contributed by atoms with Crippen LogP contribution in [-0.4, -0.2) is 50.0 Å². The number of rotatable bonds is 5. The van der Waals surface area contributed by atoms with Crippen molar-refractivity contribution in [2.45, 2.75) is 57.9 Å². The molecule has 1 heterocycles. The van der Waals surface area contributed by atoms with E-state index in [1.54, 1.807) is 0 Å². The van der Waals surface area contributed by atoms with Crippen molar-refractivity contribution in [3.63, 3.8) is 0 Å². The van der Waals surface area contributed by atoms with Crippen LogP contribution in [0.3, 0.4) is 0 Å². The largest absolute Gasteiger partial charge is 0.377 e. The maximum Gasteiger partial charge on any atom is 0.289 e. The number of imide groups is 1. The van der Waals surface area contributed by atoms with Crippen molar-refractivity contribution in [2.24, 2.45) is 0 Å². The van der Waals surface area contributed by atoms with Crippen molar-refractivity contribution in [3.8, 4) is 11.1 Å². The van der Waals surface area contributed by atoms with E-state index in [1.807, 2.05) is 14.1 Å². The van der Waals surface area contributed by atoms with Gasteiger partial charge in [-0.05, 0) is 58.6 Å². The highest BCUT2D eigenvalue weighted by Gasteiger charge is 2.38. The van der Waals surface area contributed by atoms with Gasteiger partial charge in [-0.1, -0.05) is 51.6 Å². The van der Waals surface area contributed by atoms with Crippen molar-refractivity contribution < 1.29 is 9.59 Å². The highest BCUT2D eigenvalue weighted by atomic mass is 32.2. The van der Waals surface area contributed by atoms with Gasteiger partial charge >= 0.3 is 0 Å². The Bertz CT molecular complexity index is 1130. The second-order valence-corrected chi connectivity index (χ2v) is 12.3. The topological polar surface area (TPSA) is 43.9 Å². The van der Waals surface area contributed by atoms with Gasteiger partial charge in [0.1, 0.15) is 0 Å². The van der Waals surface area contributed by atoms with Crippen LogP contribution in [0.5, 0.6) is 0 Å².